The van der Waals surface area contributed by atoms with Crippen LogP contribution in [-0.2, 0) is 11.2 Å². The van der Waals surface area contributed by atoms with Gasteiger partial charge in [0.05, 0.1) is 18.4 Å². The number of amides is 1. The minimum atomic E-state index is -0.0255. The Morgan fingerprint density at radius 1 is 1.50 bits per heavy atom. The van der Waals surface area contributed by atoms with E-state index in [9.17, 15) is 4.79 Å². The molecule has 1 aliphatic rings. The number of rotatable bonds is 6. The zero-order chi connectivity index (χ0) is 16.9. The van der Waals surface area contributed by atoms with Crippen molar-refractivity contribution in [2.24, 2.45) is 5.92 Å². The molecule has 0 bridgehead atoms. The fourth-order valence-electron chi connectivity index (χ4n) is 3.16. The number of aromatic nitrogens is 1. The number of hydrogen-bond donors (Lipinski definition) is 1. The zero-order valence-electron chi connectivity index (χ0n) is 14.4. The molecule has 1 amide bonds. The van der Waals surface area contributed by atoms with Gasteiger partial charge >= 0.3 is 0 Å². The van der Waals surface area contributed by atoms with E-state index in [1.54, 1.807) is 18.4 Å². The van der Waals surface area contributed by atoms with Crippen molar-refractivity contribution in [3.05, 3.63) is 29.9 Å². The van der Waals surface area contributed by atoms with E-state index >= 15 is 0 Å². The number of piperidine rings is 1. The van der Waals surface area contributed by atoms with E-state index in [1.807, 2.05) is 6.92 Å². The molecule has 0 unspecified atom stereocenters. The van der Waals surface area contributed by atoms with Gasteiger partial charge in [-0.3, -0.25) is 4.79 Å². The number of furan rings is 1. The smallest absolute Gasteiger partial charge is 0.263 e. The molecular formula is C18H25N3O3. The fourth-order valence-corrected chi connectivity index (χ4v) is 3.16. The van der Waals surface area contributed by atoms with Crippen LogP contribution in [-0.4, -0.2) is 42.0 Å². The van der Waals surface area contributed by atoms with Crippen LogP contribution in [0.2, 0.25) is 0 Å². The predicted molar refractivity (Wildman–Crippen MR) is 90.5 cm³/mol. The van der Waals surface area contributed by atoms with Crippen LogP contribution in [0.15, 0.2) is 27.2 Å². The van der Waals surface area contributed by atoms with Crippen molar-refractivity contribution < 1.29 is 13.6 Å². The Morgan fingerprint density at radius 2 is 2.38 bits per heavy atom. The molecule has 0 radical (unpaired) electrons. The second kappa shape index (κ2) is 7.66. The van der Waals surface area contributed by atoms with Gasteiger partial charge in [0.1, 0.15) is 5.76 Å². The maximum Gasteiger partial charge on any atom is 0.263 e. The lowest BCUT2D eigenvalue weighted by atomic mass is 10.0. The molecule has 24 heavy (non-hydrogen) atoms. The molecule has 3 rings (SSSR count). The van der Waals surface area contributed by atoms with Gasteiger partial charge in [-0.25, -0.2) is 4.98 Å². The molecule has 130 valence electrons. The minimum absolute atomic E-state index is 0.0255. The summed E-state index contributed by atoms with van der Waals surface area (Å²) >= 11 is 0. The highest BCUT2D eigenvalue weighted by molar-refractivity contribution is 5.78. The maximum atomic E-state index is 12.1. The Bertz CT molecular complexity index is 663. The van der Waals surface area contributed by atoms with Crippen molar-refractivity contribution in [3.8, 4) is 11.7 Å². The first-order valence-electron chi connectivity index (χ1n) is 8.61. The van der Waals surface area contributed by atoms with Crippen LogP contribution in [0.3, 0.4) is 0 Å². The van der Waals surface area contributed by atoms with E-state index in [1.165, 1.54) is 12.8 Å². The summed E-state index contributed by atoms with van der Waals surface area (Å²) in [6, 6.07) is 3.57. The number of carbonyl (C=O) groups excluding carboxylic acids is 1. The first-order valence-corrected chi connectivity index (χ1v) is 8.61. The average Bonchev–Trinajstić information content (AvgIpc) is 3.18. The summed E-state index contributed by atoms with van der Waals surface area (Å²) in [6.45, 7) is 7.95. The molecule has 1 aliphatic heterocycles. The minimum Gasteiger partial charge on any atom is -0.459 e. The van der Waals surface area contributed by atoms with E-state index in [2.05, 4.69) is 22.1 Å². The van der Waals surface area contributed by atoms with Gasteiger partial charge in [0.2, 0.25) is 5.91 Å². The quantitative estimate of drug-likeness (QED) is 0.881. The lowest BCUT2D eigenvalue weighted by Gasteiger charge is -2.30. The predicted octanol–water partition coefficient (Wildman–Crippen LogP) is 2.63. The molecule has 0 saturated carbocycles. The summed E-state index contributed by atoms with van der Waals surface area (Å²) in [6.07, 6.45) is 4.37. The van der Waals surface area contributed by atoms with Gasteiger partial charge in [0.25, 0.3) is 5.89 Å². The molecule has 0 spiro atoms. The Balaban J connectivity index is 1.47. The number of carbonyl (C=O) groups is 1. The van der Waals surface area contributed by atoms with Crippen LogP contribution < -0.4 is 5.32 Å². The summed E-state index contributed by atoms with van der Waals surface area (Å²) in [4.78, 5) is 18.9. The molecule has 0 aromatic carbocycles. The average molecular weight is 331 g/mol. The summed E-state index contributed by atoms with van der Waals surface area (Å²) in [7, 11) is 0. The third-order valence-electron chi connectivity index (χ3n) is 4.44. The molecule has 6 nitrogen and oxygen atoms in total. The molecule has 3 heterocycles. The largest absolute Gasteiger partial charge is 0.459 e. The molecule has 1 fully saturated rings. The molecule has 1 atom stereocenters. The van der Waals surface area contributed by atoms with Crippen molar-refractivity contribution in [3.63, 3.8) is 0 Å². The van der Waals surface area contributed by atoms with Crippen LogP contribution in [0.1, 0.15) is 31.2 Å². The van der Waals surface area contributed by atoms with Crippen molar-refractivity contribution in [2.45, 2.75) is 33.1 Å². The second-order valence-electron chi connectivity index (χ2n) is 6.57. The number of likely N-dealkylation sites (tertiary alicyclic amines) is 1. The normalized spacial score (nSPS) is 18.7. The fraction of sp³-hybridized carbons (Fsp3) is 0.556. The van der Waals surface area contributed by atoms with Gasteiger partial charge in [-0.05, 0) is 44.4 Å². The summed E-state index contributed by atoms with van der Waals surface area (Å²) < 4.78 is 10.8. The highest BCUT2D eigenvalue weighted by Crippen LogP contribution is 2.22. The zero-order valence-corrected chi connectivity index (χ0v) is 14.4. The first kappa shape index (κ1) is 16.8. The molecular weight excluding hydrogens is 306 g/mol. The Kier molecular flexibility index (Phi) is 5.35. The van der Waals surface area contributed by atoms with Crippen molar-refractivity contribution in [2.75, 3.05) is 26.2 Å². The Hall–Kier alpha value is -2.08. The third kappa shape index (κ3) is 4.26. The van der Waals surface area contributed by atoms with E-state index in [4.69, 9.17) is 8.83 Å². The van der Waals surface area contributed by atoms with Gasteiger partial charge in [0.15, 0.2) is 5.76 Å². The first-order chi connectivity index (χ1) is 11.6. The Labute approximate surface area is 142 Å². The van der Waals surface area contributed by atoms with Crippen LogP contribution in [0.25, 0.3) is 11.7 Å². The molecule has 2 aromatic heterocycles. The van der Waals surface area contributed by atoms with E-state index in [0.29, 0.717) is 29.6 Å². The molecule has 1 saturated heterocycles. The molecule has 0 aliphatic carbocycles. The molecule has 2 aromatic rings. The second-order valence-corrected chi connectivity index (χ2v) is 6.57. The number of oxazole rings is 1. The van der Waals surface area contributed by atoms with Crippen LogP contribution in [0.5, 0.6) is 0 Å². The van der Waals surface area contributed by atoms with Crippen LogP contribution in [0.4, 0.5) is 0 Å². The topological polar surface area (TPSA) is 71.5 Å². The lowest BCUT2D eigenvalue weighted by Crippen LogP contribution is -2.40. The summed E-state index contributed by atoms with van der Waals surface area (Å²) in [5.74, 6) is 2.38. The highest BCUT2D eigenvalue weighted by atomic mass is 16.4. The summed E-state index contributed by atoms with van der Waals surface area (Å²) in [5.41, 5.74) is 0.658. The van der Waals surface area contributed by atoms with Gasteiger partial charge in [-0.1, -0.05) is 6.92 Å². The SMILES string of the molecule is Cc1oc(-c2ccco2)nc1CC(=O)NCCN1CCC[C@@H](C)C1. The van der Waals surface area contributed by atoms with Gasteiger partial charge in [-0.15, -0.1) is 0 Å². The standard InChI is InChI=1S/C18H25N3O3/c1-13-5-3-8-21(12-13)9-7-19-17(22)11-15-14(2)24-18(20-15)16-6-4-10-23-16/h4,6,10,13H,3,5,7-9,11-12H2,1-2H3,(H,19,22)/t13-/m1/s1. The van der Waals surface area contributed by atoms with Crippen LogP contribution in [0, 0.1) is 12.8 Å². The Morgan fingerprint density at radius 3 is 3.12 bits per heavy atom. The van der Waals surface area contributed by atoms with Gasteiger partial charge in [0, 0.05) is 19.6 Å². The van der Waals surface area contributed by atoms with Crippen molar-refractivity contribution in [1.82, 2.24) is 15.2 Å². The van der Waals surface area contributed by atoms with Gasteiger partial charge in [-0.2, -0.15) is 0 Å². The maximum absolute atomic E-state index is 12.1. The lowest BCUT2D eigenvalue weighted by molar-refractivity contribution is -0.120. The molecule has 1 N–H and O–H groups in total. The van der Waals surface area contributed by atoms with Crippen molar-refractivity contribution >= 4 is 5.91 Å². The van der Waals surface area contributed by atoms with Gasteiger partial charge < -0.3 is 19.1 Å². The summed E-state index contributed by atoms with van der Waals surface area (Å²) in [5, 5.41) is 2.98. The monoisotopic (exact) mass is 331 g/mol. The van der Waals surface area contributed by atoms with Crippen LogP contribution >= 0.6 is 0 Å². The number of hydrogen-bond acceptors (Lipinski definition) is 5. The van der Waals surface area contributed by atoms with E-state index in [-0.39, 0.29) is 12.3 Å². The number of aryl methyl sites for hydroxylation is 1. The van der Waals surface area contributed by atoms with E-state index in [0.717, 1.165) is 25.6 Å². The van der Waals surface area contributed by atoms with Crippen molar-refractivity contribution in [1.29, 1.82) is 0 Å². The number of nitrogens with zero attached hydrogens (tertiary/aromatic N) is 2. The molecule has 6 heteroatoms. The third-order valence-corrected chi connectivity index (χ3v) is 4.44. The van der Waals surface area contributed by atoms with E-state index < -0.39 is 0 Å². The number of nitrogens with one attached hydrogen (secondary N) is 1. The highest BCUT2D eigenvalue weighted by Gasteiger charge is 2.18.